The van der Waals surface area contributed by atoms with Gasteiger partial charge in [-0.1, -0.05) is 18.1 Å². The maximum absolute atomic E-state index is 14.9. The Morgan fingerprint density at radius 3 is 2.37 bits per heavy atom. The molecule has 0 saturated heterocycles. The summed E-state index contributed by atoms with van der Waals surface area (Å²) >= 11 is 0. The van der Waals surface area contributed by atoms with Crippen LogP contribution in [-0.2, 0) is 22.4 Å². The molecule has 1 heterocycles. The number of halogens is 4. The molecule has 2 aliphatic carbocycles. The molecule has 1 atom stereocenters. The van der Waals surface area contributed by atoms with E-state index in [4.69, 9.17) is 4.52 Å². The lowest BCUT2D eigenvalue weighted by Gasteiger charge is -2.27. The van der Waals surface area contributed by atoms with Crippen LogP contribution < -0.4 is 10.6 Å². The van der Waals surface area contributed by atoms with Crippen molar-refractivity contribution in [1.82, 2.24) is 15.4 Å². The summed E-state index contributed by atoms with van der Waals surface area (Å²) < 4.78 is 57.4. The largest absolute Gasteiger partial charge is 0.406 e. The second-order valence-corrected chi connectivity index (χ2v) is 10.1. The van der Waals surface area contributed by atoms with Crippen molar-refractivity contribution in [3.63, 3.8) is 0 Å². The number of nitrogens with one attached hydrogen (secondary N) is 2. The third-order valence-electron chi connectivity index (χ3n) is 7.00. The molecule has 1 unspecified atom stereocenters. The summed E-state index contributed by atoms with van der Waals surface area (Å²) in [5.74, 6) is -2.23. The molecule has 8 nitrogen and oxygen atoms in total. The predicted octanol–water partition coefficient (Wildman–Crippen LogP) is 4.11. The topological polar surface area (TPSA) is 105 Å². The first-order chi connectivity index (χ1) is 18.0. The van der Waals surface area contributed by atoms with E-state index in [0.717, 1.165) is 38.8 Å². The number of hydrogen-bond acceptors (Lipinski definition) is 5. The highest BCUT2D eigenvalue weighted by Gasteiger charge is 2.48. The van der Waals surface area contributed by atoms with Crippen LogP contribution in [0, 0.1) is 23.6 Å². The van der Waals surface area contributed by atoms with Crippen LogP contribution in [0.3, 0.4) is 0 Å². The van der Waals surface area contributed by atoms with E-state index in [-0.39, 0.29) is 22.7 Å². The van der Waals surface area contributed by atoms with Gasteiger partial charge in [0.2, 0.25) is 11.8 Å². The van der Waals surface area contributed by atoms with Crippen LogP contribution in [0.1, 0.15) is 54.2 Å². The molecule has 3 amide bonds. The van der Waals surface area contributed by atoms with Gasteiger partial charge < -0.3 is 20.1 Å². The first-order valence-electron chi connectivity index (χ1n) is 12.6. The van der Waals surface area contributed by atoms with Crippen molar-refractivity contribution in [2.24, 2.45) is 17.8 Å². The SMILES string of the molecule is CCc1nocc1C(=O)NC(C(=O)Nc1ccc(CC(=O)N(C)CC(F)(F)F)cc1F)C(C1CC1)C1CC1. The predicted molar refractivity (Wildman–Crippen MR) is 128 cm³/mol. The fraction of sp³-hybridized carbons (Fsp3) is 0.538. The molecular formula is C26H30F4N4O4. The van der Waals surface area contributed by atoms with E-state index in [1.807, 2.05) is 6.92 Å². The van der Waals surface area contributed by atoms with Gasteiger partial charge in [0.05, 0.1) is 17.8 Å². The number of aryl methyl sites for hydroxylation is 1. The highest BCUT2D eigenvalue weighted by atomic mass is 19.4. The Labute approximate surface area is 217 Å². The number of carbonyl (C=O) groups is 3. The molecule has 206 valence electrons. The van der Waals surface area contributed by atoms with Gasteiger partial charge in [-0.25, -0.2) is 4.39 Å². The lowest BCUT2D eigenvalue weighted by atomic mass is 9.88. The highest BCUT2D eigenvalue weighted by molar-refractivity contribution is 6.01. The molecule has 4 rings (SSSR count). The molecule has 38 heavy (non-hydrogen) atoms. The quantitative estimate of drug-likeness (QED) is 0.419. The minimum atomic E-state index is -4.54. The number of hydrogen-bond donors (Lipinski definition) is 2. The Hall–Kier alpha value is -3.44. The van der Waals surface area contributed by atoms with Gasteiger partial charge in [0.15, 0.2) is 0 Å². The summed E-state index contributed by atoms with van der Waals surface area (Å²) in [6.07, 6.45) is 0.543. The fourth-order valence-corrected chi connectivity index (χ4v) is 4.79. The van der Waals surface area contributed by atoms with Gasteiger partial charge in [0.1, 0.15) is 30.2 Å². The van der Waals surface area contributed by atoms with Gasteiger partial charge in [-0.2, -0.15) is 13.2 Å². The summed E-state index contributed by atoms with van der Waals surface area (Å²) in [4.78, 5) is 39.1. The van der Waals surface area contributed by atoms with Crippen molar-refractivity contribution in [3.8, 4) is 0 Å². The summed E-state index contributed by atoms with van der Waals surface area (Å²) in [7, 11) is 1.02. The Balaban J connectivity index is 1.47. The van der Waals surface area contributed by atoms with Crippen LogP contribution in [0.5, 0.6) is 0 Å². The molecule has 2 aliphatic rings. The number of rotatable bonds is 11. The zero-order chi connectivity index (χ0) is 27.6. The first kappa shape index (κ1) is 27.6. The average molecular weight is 539 g/mol. The third kappa shape index (κ3) is 6.90. The average Bonchev–Trinajstić information content (AvgIpc) is 3.78. The molecule has 12 heteroatoms. The fourth-order valence-electron chi connectivity index (χ4n) is 4.79. The molecule has 2 fully saturated rings. The van der Waals surface area contributed by atoms with Gasteiger partial charge in [0.25, 0.3) is 5.91 Å². The van der Waals surface area contributed by atoms with E-state index in [2.05, 4.69) is 15.8 Å². The molecule has 1 aromatic carbocycles. The summed E-state index contributed by atoms with van der Waals surface area (Å²) in [5, 5.41) is 9.20. The molecule has 0 spiro atoms. The van der Waals surface area contributed by atoms with E-state index >= 15 is 0 Å². The number of benzene rings is 1. The third-order valence-corrected chi connectivity index (χ3v) is 7.00. The van der Waals surface area contributed by atoms with Crippen molar-refractivity contribution >= 4 is 23.4 Å². The highest BCUT2D eigenvalue weighted by Crippen LogP contribution is 2.51. The molecule has 0 bridgehead atoms. The Kier molecular flexibility index (Phi) is 8.08. The molecule has 2 N–H and O–H groups in total. The number of amides is 3. The Bertz CT molecular complexity index is 1180. The number of nitrogens with zero attached hydrogens (tertiary/aromatic N) is 2. The van der Waals surface area contributed by atoms with Crippen LogP contribution in [-0.4, -0.2) is 53.6 Å². The summed E-state index contributed by atoms with van der Waals surface area (Å²) in [5.41, 5.74) is 0.718. The number of carbonyl (C=O) groups excluding carboxylic acids is 3. The second-order valence-electron chi connectivity index (χ2n) is 10.1. The number of alkyl halides is 3. The van der Waals surface area contributed by atoms with Crippen molar-refractivity contribution in [1.29, 1.82) is 0 Å². The van der Waals surface area contributed by atoms with E-state index in [1.165, 1.54) is 18.4 Å². The maximum atomic E-state index is 14.9. The normalized spacial score (nSPS) is 16.3. The summed E-state index contributed by atoms with van der Waals surface area (Å²) in [6.45, 7) is 0.414. The molecule has 2 aromatic rings. The summed E-state index contributed by atoms with van der Waals surface area (Å²) in [6, 6.07) is 2.73. The standard InChI is InChI=1S/C26H30F4N4O4/c1-3-19-17(12-38-33-19)24(36)32-23(22(15-5-6-15)16-7-8-16)25(37)31-20-9-4-14(10-18(20)27)11-21(35)34(2)13-26(28,29)30/h4,9-10,12,15-16,22-23H,3,5-8,11,13H2,1-2H3,(H,31,37)(H,32,36). The van der Waals surface area contributed by atoms with Crippen LogP contribution in [0.4, 0.5) is 23.2 Å². The van der Waals surface area contributed by atoms with Crippen molar-refractivity contribution < 1.29 is 36.5 Å². The smallest absolute Gasteiger partial charge is 0.364 e. The van der Waals surface area contributed by atoms with Crippen molar-refractivity contribution in [3.05, 3.63) is 47.1 Å². The van der Waals surface area contributed by atoms with E-state index in [9.17, 15) is 31.9 Å². The van der Waals surface area contributed by atoms with E-state index in [1.54, 1.807) is 0 Å². The number of likely N-dealkylation sites (N-methyl/N-ethyl adjacent to an activating group) is 1. The maximum Gasteiger partial charge on any atom is 0.406 e. The Morgan fingerprint density at radius 2 is 1.82 bits per heavy atom. The lowest BCUT2D eigenvalue weighted by Crippen LogP contribution is -2.50. The molecule has 0 radical (unpaired) electrons. The van der Waals surface area contributed by atoms with Crippen LogP contribution in [0.2, 0.25) is 0 Å². The first-order valence-corrected chi connectivity index (χ1v) is 12.6. The molecule has 0 aliphatic heterocycles. The Morgan fingerprint density at radius 1 is 1.16 bits per heavy atom. The van der Waals surface area contributed by atoms with Crippen LogP contribution in [0.25, 0.3) is 0 Å². The molecule has 2 saturated carbocycles. The second kappa shape index (κ2) is 11.1. The van der Waals surface area contributed by atoms with Crippen molar-refractivity contribution in [2.45, 2.75) is 57.7 Å². The minimum Gasteiger partial charge on any atom is -0.364 e. The van der Waals surface area contributed by atoms with Crippen molar-refractivity contribution in [2.75, 3.05) is 18.9 Å². The minimum absolute atomic E-state index is 0.0898. The van der Waals surface area contributed by atoms with Crippen LogP contribution in [0.15, 0.2) is 29.0 Å². The van der Waals surface area contributed by atoms with Gasteiger partial charge >= 0.3 is 6.18 Å². The van der Waals surface area contributed by atoms with Gasteiger partial charge in [-0.15, -0.1) is 0 Å². The number of anilines is 1. The number of aromatic nitrogens is 1. The zero-order valence-corrected chi connectivity index (χ0v) is 21.1. The van der Waals surface area contributed by atoms with Gasteiger partial charge in [0, 0.05) is 7.05 Å². The van der Waals surface area contributed by atoms with Gasteiger partial charge in [-0.05, 0) is 67.6 Å². The molecular weight excluding hydrogens is 508 g/mol. The van der Waals surface area contributed by atoms with Crippen LogP contribution >= 0.6 is 0 Å². The lowest BCUT2D eigenvalue weighted by molar-refractivity contribution is -0.157. The van der Waals surface area contributed by atoms with E-state index < -0.39 is 48.7 Å². The van der Waals surface area contributed by atoms with E-state index in [0.29, 0.717) is 28.9 Å². The molecule has 1 aromatic heterocycles. The monoisotopic (exact) mass is 538 g/mol. The zero-order valence-electron chi connectivity index (χ0n) is 21.1. The van der Waals surface area contributed by atoms with Gasteiger partial charge in [-0.3, -0.25) is 14.4 Å².